The molecule has 0 radical (unpaired) electrons. The number of aliphatic hydroxyl groups excluding tert-OH is 1. The second kappa shape index (κ2) is 7.38. The fourth-order valence-corrected chi connectivity index (χ4v) is 1.71. The van der Waals surface area contributed by atoms with Gasteiger partial charge in [-0.05, 0) is 18.4 Å². The first kappa shape index (κ1) is 15.0. The molecule has 0 saturated carbocycles. The Kier molecular flexibility index (Phi) is 6.15. The minimum absolute atomic E-state index is 0.0106. The highest BCUT2D eigenvalue weighted by Gasteiger charge is 2.27. The summed E-state index contributed by atoms with van der Waals surface area (Å²) in [6.45, 7) is -1.16. The highest BCUT2D eigenvalue weighted by atomic mass is 19.4. The summed E-state index contributed by atoms with van der Waals surface area (Å²) >= 11 is 0. The lowest BCUT2D eigenvalue weighted by Crippen LogP contribution is -2.17. The van der Waals surface area contributed by atoms with Gasteiger partial charge >= 0.3 is 6.18 Å². The lowest BCUT2D eigenvalue weighted by atomic mass is 9.95. The second-order valence-electron chi connectivity index (χ2n) is 4.10. The number of alkyl halides is 3. The van der Waals surface area contributed by atoms with E-state index in [-0.39, 0.29) is 19.1 Å². The smallest absolute Gasteiger partial charge is 0.396 e. The van der Waals surface area contributed by atoms with Crippen molar-refractivity contribution in [1.29, 1.82) is 0 Å². The van der Waals surface area contributed by atoms with Crippen LogP contribution in [0.3, 0.4) is 0 Å². The Balaban J connectivity index is 2.25. The van der Waals surface area contributed by atoms with Crippen molar-refractivity contribution in [2.45, 2.75) is 24.9 Å². The highest BCUT2D eigenvalue weighted by Crippen LogP contribution is 2.21. The minimum Gasteiger partial charge on any atom is -0.396 e. The summed E-state index contributed by atoms with van der Waals surface area (Å²) in [7, 11) is 0. The van der Waals surface area contributed by atoms with Gasteiger partial charge in [-0.15, -0.1) is 0 Å². The molecule has 1 atom stereocenters. The molecule has 5 heteroatoms. The van der Waals surface area contributed by atoms with Gasteiger partial charge in [0.2, 0.25) is 0 Å². The Morgan fingerprint density at radius 3 is 2.39 bits per heavy atom. The summed E-state index contributed by atoms with van der Waals surface area (Å²) in [5.41, 5.74) is 0.996. The molecule has 0 saturated heterocycles. The number of hydrogen-bond donors (Lipinski definition) is 1. The molecule has 0 amide bonds. The van der Waals surface area contributed by atoms with Crippen molar-refractivity contribution in [3.05, 3.63) is 35.9 Å². The maximum atomic E-state index is 11.8. The summed E-state index contributed by atoms with van der Waals surface area (Å²) in [6, 6.07) is 9.43. The Morgan fingerprint density at radius 1 is 1.17 bits per heavy atom. The Morgan fingerprint density at radius 2 is 1.83 bits per heavy atom. The normalized spacial score (nSPS) is 13.6. The van der Waals surface area contributed by atoms with Crippen LogP contribution in [0.5, 0.6) is 0 Å². The highest BCUT2D eigenvalue weighted by molar-refractivity contribution is 5.19. The molecule has 0 aliphatic carbocycles. The van der Waals surface area contributed by atoms with Gasteiger partial charge in [-0.2, -0.15) is 13.2 Å². The predicted octanol–water partition coefficient (Wildman–Crippen LogP) is 3.12. The summed E-state index contributed by atoms with van der Waals surface area (Å²) in [5.74, 6) is -0.0410. The van der Waals surface area contributed by atoms with Crippen molar-refractivity contribution in [2.75, 3.05) is 19.8 Å². The van der Waals surface area contributed by atoms with Gasteiger partial charge in [-0.25, -0.2) is 0 Å². The van der Waals surface area contributed by atoms with Gasteiger partial charge in [-0.1, -0.05) is 30.3 Å². The van der Waals surface area contributed by atoms with Crippen LogP contribution in [0.25, 0.3) is 0 Å². The van der Waals surface area contributed by atoms with Crippen LogP contribution in [0.1, 0.15) is 24.3 Å². The van der Waals surface area contributed by atoms with E-state index in [1.807, 2.05) is 30.3 Å². The van der Waals surface area contributed by atoms with E-state index in [1.165, 1.54) is 0 Å². The third-order valence-electron chi connectivity index (χ3n) is 2.60. The minimum atomic E-state index is -4.27. The Hall–Kier alpha value is -1.07. The van der Waals surface area contributed by atoms with E-state index in [9.17, 15) is 18.3 Å². The monoisotopic (exact) mass is 262 g/mol. The molecule has 1 N–H and O–H groups in total. The molecule has 1 aromatic rings. The summed E-state index contributed by atoms with van der Waals surface area (Å²) in [6.07, 6.45) is -3.16. The predicted molar refractivity (Wildman–Crippen MR) is 62.4 cm³/mol. The number of benzene rings is 1. The molecule has 0 bridgehead atoms. The summed E-state index contributed by atoms with van der Waals surface area (Å²) in [5, 5.41) is 9.24. The number of hydrogen-bond acceptors (Lipinski definition) is 2. The van der Waals surface area contributed by atoms with Crippen LogP contribution in [0.2, 0.25) is 0 Å². The van der Waals surface area contributed by atoms with Crippen molar-refractivity contribution in [3.8, 4) is 0 Å². The van der Waals surface area contributed by atoms with Gasteiger partial charge in [0.1, 0.15) is 6.61 Å². The van der Waals surface area contributed by atoms with Gasteiger partial charge < -0.3 is 9.84 Å². The molecule has 0 spiro atoms. The standard InChI is InChI=1S/C13H17F3O2/c14-13(15,16)10-18-8-4-7-12(9-17)11-5-2-1-3-6-11/h1-3,5-6,12,17H,4,7-10H2. The molecule has 0 aromatic heterocycles. The molecule has 0 aliphatic rings. The molecule has 102 valence electrons. The van der Waals surface area contributed by atoms with Crippen molar-refractivity contribution in [3.63, 3.8) is 0 Å². The van der Waals surface area contributed by atoms with E-state index in [0.717, 1.165) is 5.56 Å². The fourth-order valence-electron chi connectivity index (χ4n) is 1.71. The van der Waals surface area contributed by atoms with Crippen LogP contribution in [0.4, 0.5) is 13.2 Å². The molecule has 2 nitrogen and oxygen atoms in total. The first-order valence-electron chi connectivity index (χ1n) is 5.83. The van der Waals surface area contributed by atoms with Crippen LogP contribution in [-0.2, 0) is 4.74 Å². The van der Waals surface area contributed by atoms with Crippen LogP contribution in [0.15, 0.2) is 30.3 Å². The number of rotatable bonds is 7. The lowest BCUT2D eigenvalue weighted by molar-refractivity contribution is -0.174. The molecule has 18 heavy (non-hydrogen) atoms. The Bertz CT molecular complexity index is 325. The molecule has 1 aromatic carbocycles. The number of ether oxygens (including phenoxy) is 1. The zero-order valence-corrected chi connectivity index (χ0v) is 9.99. The van der Waals surface area contributed by atoms with Crippen LogP contribution in [0, 0.1) is 0 Å². The van der Waals surface area contributed by atoms with E-state index < -0.39 is 12.8 Å². The third-order valence-corrected chi connectivity index (χ3v) is 2.60. The quantitative estimate of drug-likeness (QED) is 0.765. The van der Waals surface area contributed by atoms with Crippen molar-refractivity contribution < 1.29 is 23.0 Å². The zero-order chi connectivity index (χ0) is 13.4. The second-order valence-corrected chi connectivity index (χ2v) is 4.10. The maximum absolute atomic E-state index is 11.8. The number of aliphatic hydroxyl groups is 1. The van der Waals surface area contributed by atoms with E-state index in [0.29, 0.717) is 12.8 Å². The van der Waals surface area contributed by atoms with E-state index in [2.05, 4.69) is 4.74 Å². The van der Waals surface area contributed by atoms with Crippen LogP contribution in [-0.4, -0.2) is 31.1 Å². The molecule has 0 heterocycles. The maximum Gasteiger partial charge on any atom is 0.411 e. The van der Waals surface area contributed by atoms with E-state index in [1.54, 1.807) is 0 Å². The third kappa shape index (κ3) is 6.02. The largest absolute Gasteiger partial charge is 0.411 e. The molecular weight excluding hydrogens is 245 g/mol. The molecule has 0 fully saturated rings. The average Bonchev–Trinajstić information content (AvgIpc) is 2.33. The molecule has 1 rings (SSSR count). The van der Waals surface area contributed by atoms with Crippen LogP contribution < -0.4 is 0 Å². The first-order chi connectivity index (χ1) is 8.53. The van der Waals surface area contributed by atoms with E-state index in [4.69, 9.17) is 0 Å². The van der Waals surface area contributed by atoms with E-state index >= 15 is 0 Å². The summed E-state index contributed by atoms with van der Waals surface area (Å²) in [4.78, 5) is 0. The lowest BCUT2D eigenvalue weighted by Gasteiger charge is -2.14. The summed E-state index contributed by atoms with van der Waals surface area (Å²) < 4.78 is 39.9. The van der Waals surface area contributed by atoms with Gasteiger partial charge in [0.15, 0.2) is 0 Å². The topological polar surface area (TPSA) is 29.5 Å². The van der Waals surface area contributed by atoms with Crippen LogP contribution >= 0.6 is 0 Å². The molecule has 1 unspecified atom stereocenters. The first-order valence-corrected chi connectivity index (χ1v) is 5.83. The van der Waals surface area contributed by atoms with Gasteiger partial charge in [0, 0.05) is 19.1 Å². The Labute approximate surface area is 104 Å². The fraction of sp³-hybridized carbons (Fsp3) is 0.538. The van der Waals surface area contributed by atoms with Gasteiger partial charge in [0.05, 0.1) is 0 Å². The van der Waals surface area contributed by atoms with Crippen molar-refractivity contribution in [1.82, 2.24) is 0 Å². The van der Waals surface area contributed by atoms with Crippen molar-refractivity contribution >= 4 is 0 Å². The molecular formula is C13H17F3O2. The SMILES string of the molecule is OCC(CCCOCC(F)(F)F)c1ccccc1. The van der Waals surface area contributed by atoms with Crippen molar-refractivity contribution in [2.24, 2.45) is 0 Å². The zero-order valence-electron chi connectivity index (χ0n) is 9.99. The number of halogens is 3. The molecule has 0 aliphatic heterocycles. The van der Waals surface area contributed by atoms with Gasteiger partial charge in [-0.3, -0.25) is 0 Å². The van der Waals surface area contributed by atoms with Gasteiger partial charge in [0.25, 0.3) is 0 Å². The average molecular weight is 262 g/mol.